The van der Waals surface area contributed by atoms with Gasteiger partial charge in [0.25, 0.3) is 0 Å². The first-order valence-electron chi connectivity index (χ1n) is 6.30. The molecule has 0 aliphatic heterocycles. The van der Waals surface area contributed by atoms with Gasteiger partial charge in [0.15, 0.2) is 0 Å². The van der Waals surface area contributed by atoms with Crippen LogP contribution in [-0.2, 0) is 12.8 Å². The van der Waals surface area contributed by atoms with E-state index in [0.717, 1.165) is 43.6 Å². The number of aryl methyl sites for hydroxylation is 2. The molecule has 17 heavy (non-hydrogen) atoms. The van der Waals surface area contributed by atoms with Gasteiger partial charge in [-0.1, -0.05) is 13.8 Å². The highest BCUT2D eigenvalue weighted by molar-refractivity contribution is 5.27. The molecule has 0 aromatic carbocycles. The van der Waals surface area contributed by atoms with Gasteiger partial charge in [-0.3, -0.25) is 0 Å². The number of aliphatic hydroxyl groups excluding tert-OH is 1. The zero-order valence-electron chi connectivity index (χ0n) is 10.5. The highest BCUT2D eigenvalue weighted by Crippen LogP contribution is 2.44. The van der Waals surface area contributed by atoms with Gasteiger partial charge in [-0.2, -0.15) is 5.10 Å². The Morgan fingerprint density at radius 2 is 1.88 bits per heavy atom. The fourth-order valence-electron chi connectivity index (χ4n) is 1.85. The average molecular weight is 236 g/mol. The molecule has 1 aromatic rings. The molecule has 2 rings (SSSR count). The van der Waals surface area contributed by atoms with Crippen molar-refractivity contribution >= 4 is 5.95 Å². The first kappa shape index (κ1) is 12.2. The first-order chi connectivity index (χ1) is 8.23. The summed E-state index contributed by atoms with van der Waals surface area (Å²) >= 11 is 0. The molecule has 0 radical (unpaired) electrons. The van der Waals surface area contributed by atoms with E-state index in [1.165, 1.54) is 0 Å². The summed E-state index contributed by atoms with van der Waals surface area (Å²) in [4.78, 5) is 4.46. The Kier molecular flexibility index (Phi) is 3.57. The van der Waals surface area contributed by atoms with E-state index in [4.69, 9.17) is 0 Å². The lowest BCUT2D eigenvalue weighted by molar-refractivity contribution is 0.219. The number of anilines is 1. The SMILES string of the molecule is CCc1nnc(NCC2(CO)CC2)nc1CC. The Morgan fingerprint density at radius 3 is 2.41 bits per heavy atom. The van der Waals surface area contributed by atoms with E-state index in [1.54, 1.807) is 0 Å². The van der Waals surface area contributed by atoms with Crippen molar-refractivity contribution in [2.45, 2.75) is 39.5 Å². The summed E-state index contributed by atoms with van der Waals surface area (Å²) in [5, 5.41) is 20.6. The highest BCUT2D eigenvalue weighted by atomic mass is 16.3. The molecule has 1 aliphatic carbocycles. The molecule has 1 aliphatic rings. The number of nitrogens with one attached hydrogen (secondary N) is 1. The van der Waals surface area contributed by atoms with Crippen LogP contribution in [-0.4, -0.2) is 33.4 Å². The van der Waals surface area contributed by atoms with E-state index < -0.39 is 0 Å². The number of rotatable bonds is 6. The molecule has 0 unspecified atom stereocenters. The minimum atomic E-state index is 0.0686. The average Bonchev–Trinajstić information content (AvgIpc) is 3.16. The van der Waals surface area contributed by atoms with Gasteiger partial charge in [0, 0.05) is 12.0 Å². The lowest BCUT2D eigenvalue weighted by Crippen LogP contribution is -2.21. The molecule has 94 valence electrons. The van der Waals surface area contributed by atoms with Crippen molar-refractivity contribution in [3.05, 3.63) is 11.4 Å². The third kappa shape index (κ3) is 2.72. The number of hydrogen-bond donors (Lipinski definition) is 2. The summed E-state index contributed by atoms with van der Waals surface area (Å²) in [7, 11) is 0. The van der Waals surface area contributed by atoms with Gasteiger partial charge in [0.05, 0.1) is 18.0 Å². The molecule has 0 saturated heterocycles. The standard InChI is InChI=1S/C12H20N4O/c1-3-9-10(4-2)15-16-11(14-9)13-7-12(8-17)5-6-12/h17H,3-8H2,1-2H3,(H,13,14,16). The van der Waals surface area contributed by atoms with Crippen molar-refractivity contribution in [2.75, 3.05) is 18.5 Å². The molecule has 1 fully saturated rings. The largest absolute Gasteiger partial charge is 0.396 e. The van der Waals surface area contributed by atoms with Gasteiger partial charge in [0.1, 0.15) is 0 Å². The van der Waals surface area contributed by atoms with Gasteiger partial charge in [0.2, 0.25) is 5.95 Å². The van der Waals surface area contributed by atoms with Crippen LogP contribution in [0.15, 0.2) is 0 Å². The van der Waals surface area contributed by atoms with E-state index in [2.05, 4.69) is 34.3 Å². The van der Waals surface area contributed by atoms with Crippen LogP contribution in [0.2, 0.25) is 0 Å². The van der Waals surface area contributed by atoms with Gasteiger partial charge >= 0.3 is 0 Å². The van der Waals surface area contributed by atoms with Gasteiger partial charge in [-0.25, -0.2) is 4.98 Å². The van der Waals surface area contributed by atoms with E-state index in [-0.39, 0.29) is 12.0 Å². The lowest BCUT2D eigenvalue weighted by atomic mass is 10.1. The Hall–Kier alpha value is -1.23. The topological polar surface area (TPSA) is 70.9 Å². The van der Waals surface area contributed by atoms with Crippen molar-refractivity contribution in [3.63, 3.8) is 0 Å². The molecule has 0 amide bonds. The summed E-state index contributed by atoms with van der Waals surface area (Å²) in [6, 6.07) is 0. The minimum Gasteiger partial charge on any atom is -0.396 e. The van der Waals surface area contributed by atoms with Crippen molar-refractivity contribution in [2.24, 2.45) is 5.41 Å². The van der Waals surface area contributed by atoms with Crippen molar-refractivity contribution in [1.29, 1.82) is 0 Å². The van der Waals surface area contributed by atoms with E-state index in [1.807, 2.05) is 0 Å². The molecule has 0 bridgehead atoms. The zero-order valence-corrected chi connectivity index (χ0v) is 10.5. The highest BCUT2D eigenvalue weighted by Gasteiger charge is 2.41. The van der Waals surface area contributed by atoms with Gasteiger partial charge in [-0.15, -0.1) is 5.10 Å². The van der Waals surface area contributed by atoms with Gasteiger partial charge < -0.3 is 10.4 Å². The second-order valence-electron chi connectivity index (χ2n) is 4.75. The van der Waals surface area contributed by atoms with Crippen LogP contribution in [0.25, 0.3) is 0 Å². The molecule has 0 spiro atoms. The Balaban J connectivity index is 2.01. The number of nitrogens with zero attached hydrogens (tertiary/aromatic N) is 3. The van der Waals surface area contributed by atoms with E-state index >= 15 is 0 Å². The van der Waals surface area contributed by atoms with Crippen molar-refractivity contribution in [3.8, 4) is 0 Å². The maximum Gasteiger partial charge on any atom is 0.242 e. The molecular formula is C12H20N4O. The fraction of sp³-hybridized carbons (Fsp3) is 0.750. The molecule has 1 heterocycles. The Labute approximate surface area is 102 Å². The second kappa shape index (κ2) is 4.96. The smallest absolute Gasteiger partial charge is 0.242 e. The fourth-order valence-corrected chi connectivity index (χ4v) is 1.85. The monoisotopic (exact) mass is 236 g/mol. The van der Waals surface area contributed by atoms with Gasteiger partial charge in [-0.05, 0) is 25.7 Å². The minimum absolute atomic E-state index is 0.0686. The molecular weight excluding hydrogens is 216 g/mol. The predicted molar refractivity (Wildman–Crippen MR) is 65.8 cm³/mol. The maximum atomic E-state index is 9.22. The lowest BCUT2D eigenvalue weighted by Gasteiger charge is -2.13. The number of aromatic nitrogens is 3. The molecule has 5 nitrogen and oxygen atoms in total. The van der Waals surface area contributed by atoms with E-state index in [0.29, 0.717) is 5.95 Å². The predicted octanol–water partition coefficient (Wildman–Crippen LogP) is 1.18. The molecule has 2 N–H and O–H groups in total. The van der Waals surface area contributed by atoms with Crippen LogP contribution >= 0.6 is 0 Å². The third-order valence-electron chi connectivity index (χ3n) is 3.42. The second-order valence-corrected chi connectivity index (χ2v) is 4.75. The molecule has 5 heteroatoms. The molecule has 1 aromatic heterocycles. The van der Waals surface area contributed by atoms with Crippen molar-refractivity contribution in [1.82, 2.24) is 15.2 Å². The van der Waals surface area contributed by atoms with Crippen LogP contribution in [0.1, 0.15) is 38.1 Å². The van der Waals surface area contributed by atoms with Crippen LogP contribution < -0.4 is 5.32 Å². The normalized spacial score (nSPS) is 16.9. The van der Waals surface area contributed by atoms with Crippen LogP contribution in [0, 0.1) is 5.41 Å². The molecule has 0 atom stereocenters. The summed E-state index contributed by atoms with van der Waals surface area (Å²) in [6.07, 6.45) is 3.90. The Bertz CT molecular complexity index is 390. The number of hydrogen-bond acceptors (Lipinski definition) is 5. The zero-order chi connectivity index (χ0) is 12.3. The maximum absolute atomic E-state index is 9.22. The van der Waals surface area contributed by atoms with Crippen LogP contribution in [0.4, 0.5) is 5.95 Å². The quantitative estimate of drug-likeness (QED) is 0.776. The summed E-state index contributed by atoms with van der Waals surface area (Å²) in [6.45, 7) is 5.10. The summed E-state index contributed by atoms with van der Waals surface area (Å²) in [5.41, 5.74) is 2.05. The number of aliphatic hydroxyl groups is 1. The Morgan fingerprint density at radius 1 is 1.18 bits per heavy atom. The third-order valence-corrected chi connectivity index (χ3v) is 3.42. The first-order valence-corrected chi connectivity index (χ1v) is 6.30. The van der Waals surface area contributed by atoms with Crippen molar-refractivity contribution < 1.29 is 5.11 Å². The van der Waals surface area contributed by atoms with E-state index in [9.17, 15) is 5.11 Å². The summed E-state index contributed by atoms with van der Waals surface area (Å²) < 4.78 is 0. The van der Waals surface area contributed by atoms with Crippen LogP contribution in [0.3, 0.4) is 0 Å². The molecule has 1 saturated carbocycles. The summed E-state index contributed by atoms with van der Waals surface area (Å²) in [5.74, 6) is 0.582. The van der Waals surface area contributed by atoms with Crippen LogP contribution in [0.5, 0.6) is 0 Å².